The van der Waals surface area contributed by atoms with Gasteiger partial charge in [0.25, 0.3) is 13.4 Å². The normalized spacial score (nSPS) is 14.6. The minimum absolute atomic E-state index is 0.0135. The zero-order chi connectivity index (χ0) is 86.2. The lowest BCUT2D eigenvalue weighted by Gasteiger charge is -2.46. The highest BCUT2D eigenvalue weighted by atomic mass is 16.5. The second kappa shape index (κ2) is 26.0. The number of benzene rings is 18. The zero-order valence-corrected chi connectivity index (χ0v) is 65.9. The van der Waals surface area contributed by atoms with Gasteiger partial charge >= 0.3 is 0 Å². The monoisotopic (exact) mass is 1530 g/mol. The minimum Gasteiger partial charge on any atom is -0.458 e. The van der Waals surface area contributed by atoms with Gasteiger partial charge in [-0.25, -0.2) is 0 Å². The zero-order valence-electron chi connectivity index (χ0n) is 73.9. The topological polar surface area (TPSA) is 23.9 Å². The average Bonchev–Trinajstić information content (AvgIpc) is 1.43. The summed E-state index contributed by atoms with van der Waals surface area (Å²) >= 11 is 0. The van der Waals surface area contributed by atoms with E-state index >= 15 is 0 Å². The first-order valence-corrected chi connectivity index (χ1v) is 41.4. The molecule has 0 amide bonds. The van der Waals surface area contributed by atoms with E-state index in [-0.39, 0.29) is 27.2 Å². The molecule has 4 aliphatic heterocycles. The lowest BCUT2D eigenvalue weighted by Crippen LogP contribution is -2.64. The third kappa shape index (κ3) is 9.74. The van der Waals surface area contributed by atoms with Crippen molar-refractivity contribution in [2.24, 2.45) is 0 Å². The molecule has 0 saturated carbocycles. The van der Waals surface area contributed by atoms with Gasteiger partial charge in [-0.05, 0) is 194 Å². The number of aromatic nitrogens is 1. The molecule has 6 aliphatic rings. The number of nitrogens with zero attached hydrogens (tertiary/aromatic N) is 4. The first-order valence-electron chi connectivity index (χ1n) is 45.4. The fraction of sp³-hybridized carbons (Fsp3) is 0.0442. The summed E-state index contributed by atoms with van der Waals surface area (Å²) < 4.78 is 87.1. The van der Waals surface area contributed by atoms with Crippen molar-refractivity contribution in [3.63, 3.8) is 0 Å². The van der Waals surface area contributed by atoms with Crippen LogP contribution in [-0.4, -0.2) is 18.0 Å². The predicted molar refractivity (Wildman–Crippen MR) is 503 cm³/mol. The van der Waals surface area contributed by atoms with Crippen LogP contribution in [0.3, 0.4) is 0 Å². The van der Waals surface area contributed by atoms with Gasteiger partial charge in [0, 0.05) is 78.9 Å². The molecule has 0 fully saturated rings. The molecule has 120 heavy (non-hydrogen) atoms. The van der Waals surface area contributed by atoms with Gasteiger partial charge < -0.3 is 24.0 Å². The van der Waals surface area contributed by atoms with Crippen LogP contribution in [-0.2, 0) is 10.8 Å². The van der Waals surface area contributed by atoms with Crippen LogP contribution in [0, 0.1) is 0 Å². The van der Waals surface area contributed by atoms with Crippen molar-refractivity contribution in [3.8, 4) is 95.1 Å². The molecule has 0 atom stereocenters. The smallest absolute Gasteiger partial charge is 0.256 e. The molecule has 1 aromatic heterocycles. The molecule has 0 radical (unpaired) electrons. The Morgan fingerprint density at radius 1 is 0.292 bits per heavy atom. The fourth-order valence-electron chi connectivity index (χ4n) is 21.3. The van der Waals surface area contributed by atoms with Crippen LogP contribution < -0.4 is 52.2 Å². The molecule has 25 rings (SSSR count). The third-order valence-corrected chi connectivity index (χ3v) is 26.2. The summed E-state index contributed by atoms with van der Waals surface area (Å²) in [6.45, 7) is 5.93. The molecule has 1 spiro atoms. The van der Waals surface area contributed by atoms with E-state index in [1.165, 1.54) is 50.1 Å². The molecule has 0 unspecified atom stereocenters. The van der Waals surface area contributed by atoms with Gasteiger partial charge in [-0.15, -0.1) is 0 Å². The Bertz CT molecular complexity index is 7780. The van der Waals surface area contributed by atoms with Crippen LogP contribution >= 0.6 is 0 Å². The molecule has 0 N–H and O–H groups in total. The van der Waals surface area contributed by atoms with E-state index < -0.39 is 67.2 Å². The lowest BCUT2D eigenvalue weighted by atomic mass is 9.30. The Hall–Kier alpha value is -14.9. The molecule has 0 saturated heterocycles. The van der Waals surface area contributed by atoms with E-state index in [4.69, 9.17) is 4.74 Å². The Labute approximate surface area is 710 Å². The SMILES string of the molecule is [2H]c1c([2H])c([2H])c2c(c1[2H])c1c([2H])c([2H])c([2H])c([2H])c1n2-c1cc2c3c(c1)N(c1c(-c4ccccc4)cccc1-c1ccccc1)c1cc4c(cc1B3c1ccccc1N2c1ccccc1)B1c2ccccc2N(c2c(-c3ccccc3)cc(C(C)(C)C)cc2-c2ccccc2)c2cc(-c3cccc5c3C3(c6ccccc6-c6ccccc63)c3ccccc3-5)cc(c21)O4. The summed E-state index contributed by atoms with van der Waals surface area (Å²) in [4.78, 5) is 7.28. The summed E-state index contributed by atoms with van der Waals surface area (Å²) in [6.07, 6.45) is 0. The van der Waals surface area contributed by atoms with Crippen molar-refractivity contribution in [1.82, 2.24) is 4.57 Å². The Morgan fingerprint density at radius 2 is 0.708 bits per heavy atom. The Balaban J connectivity index is 0.828. The van der Waals surface area contributed by atoms with Crippen molar-refractivity contribution >= 4 is 119 Å². The number of para-hydroxylation sites is 6. The molecule has 0 bridgehead atoms. The molecule has 18 aromatic carbocycles. The van der Waals surface area contributed by atoms with E-state index in [1.54, 1.807) is 4.57 Å². The van der Waals surface area contributed by atoms with Gasteiger partial charge in [-0.1, -0.05) is 348 Å². The highest BCUT2D eigenvalue weighted by molar-refractivity contribution is 7.02. The van der Waals surface area contributed by atoms with E-state index in [9.17, 15) is 11.0 Å². The number of hydrogen-bond acceptors (Lipinski definition) is 4. The van der Waals surface area contributed by atoms with Crippen LogP contribution in [0.4, 0.5) is 51.2 Å². The molecule has 2 aliphatic carbocycles. The number of ether oxygens (including phenoxy) is 1. The lowest BCUT2D eigenvalue weighted by molar-refractivity contribution is 0.488. The first kappa shape index (κ1) is 60.6. The molecule has 5 nitrogen and oxygen atoms in total. The van der Waals surface area contributed by atoms with Gasteiger partial charge in [-0.3, -0.25) is 0 Å². The number of fused-ring (bicyclic) bond motifs is 21. The number of rotatable bonds is 9. The summed E-state index contributed by atoms with van der Waals surface area (Å²) in [5, 5.41) is -0.0270. The highest BCUT2D eigenvalue weighted by Crippen LogP contribution is 2.65. The van der Waals surface area contributed by atoms with Crippen molar-refractivity contribution in [1.29, 1.82) is 0 Å². The highest BCUT2D eigenvalue weighted by Gasteiger charge is 2.54. The minimum atomic E-state index is -0.728. The van der Waals surface area contributed by atoms with Gasteiger partial charge in [0.1, 0.15) is 11.5 Å². The van der Waals surface area contributed by atoms with E-state index in [0.717, 1.165) is 134 Å². The van der Waals surface area contributed by atoms with Crippen LogP contribution in [0.1, 0.15) is 59.6 Å². The summed E-state index contributed by atoms with van der Waals surface area (Å²) in [7, 11) is 0. The predicted octanol–water partition coefficient (Wildman–Crippen LogP) is 25.2. The second-order valence-electron chi connectivity index (χ2n) is 33.4. The second-order valence-corrected chi connectivity index (χ2v) is 33.4. The molecular weight excluding hydrogens is 1450 g/mol. The van der Waals surface area contributed by atoms with Gasteiger partial charge in [0.05, 0.1) is 44.5 Å². The number of hydrogen-bond donors (Lipinski definition) is 0. The van der Waals surface area contributed by atoms with Crippen molar-refractivity contribution in [3.05, 3.63) is 434 Å². The summed E-state index contributed by atoms with van der Waals surface area (Å²) in [6, 6.07) is 126. The molecule has 5 heterocycles. The number of anilines is 9. The maximum absolute atomic E-state index is 10.1. The third-order valence-electron chi connectivity index (χ3n) is 26.2. The van der Waals surface area contributed by atoms with Crippen LogP contribution in [0.15, 0.2) is 406 Å². The van der Waals surface area contributed by atoms with Crippen molar-refractivity contribution < 1.29 is 15.7 Å². The Kier molecular flexibility index (Phi) is 13.1. The molecular formula is C113H76B2N4O. The maximum atomic E-state index is 10.1. The summed E-state index contributed by atoms with van der Waals surface area (Å²) in [5.41, 5.74) is 34.4. The van der Waals surface area contributed by atoms with Crippen LogP contribution in [0.2, 0.25) is 0 Å². The molecule has 7 heteroatoms. The summed E-state index contributed by atoms with van der Waals surface area (Å²) in [5.74, 6) is 1.34. The average molecular weight is 1540 g/mol. The van der Waals surface area contributed by atoms with E-state index in [0.29, 0.717) is 22.9 Å². The Morgan fingerprint density at radius 3 is 1.26 bits per heavy atom. The maximum Gasteiger partial charge on any atom is 0.256 e. The quantitative estimate of drug-likeness (QED) is 0.134. The standard InChI is InChI=1S/C113H76B2N4O/c1-112(2,3)76-65-88(73-39-13-6-14-40-73)111(89(66-76)74-41-15-7-16-42-74)118-100-62-32-28-58-94(100)115-96-69-95-101(70-105(96)120-106-64-75(63-102(118)109(106)115)79-50-33-53-87-84-47-21-26-56-92(84)113(107(79)87)90-54-24-19-45-82(90)83-46-20-25-55-91(83)113)119(110-80(71-35-9-4-10-36-71)51-34-52-81(110)72-37-11-5-12-38-72)104-68-78(117-97-59-29-22-48-85(97)86-49-23-30-60-98(86)117)67-103-108(104)114(95)93-57-27-31-61-99(93)116(103)77-43-17-8-18-44-77/h4-70H,1-3H3/i22D,23D,29D,30D,48D,49D,59D,60D. The largest absolute Gasteiger partial charge is 0.458 e. The molecule has 560 valence electrons. The van der Waals surface area contributed by atoms with E-state index in [1.807, 2.05) is 30.3 Å². The van der Waals surface area contributed by atoms with Crippen molar-refractivity contribution in [2.75, 3.05) is 14.7 Å². The van der Waals surface area contributed by atoms with E-state index in [2.05, 4.69) is 363 Å². The van der Waals surface area contributed by atoms with Crippen LogP contribution in [0.25, 0.3) is 105 Å². The van der Waals surface area contributed by atoms with Crippen molar-refractivity contribution in [2.45, 2.75) is 31.6 Å². The van der Waals surface area contributed by atoms with Gasteiger partial charge in [0.15, 0.2) is 0 Å². The molecule has 19 aromatic rings. The van der Waals surface area contributed by atoms with Gasteiger partial charge in [-0.2, -0.15) is 0 Å². The fourth-order valence-corrected chi connectivity index (χ4v) is 21.3. The van der Waals surface area contributed by atoms with Gasteiger partial charge in [0.2, 0.25) is 0 Å². The first-order chi connectivity index (χ1) is 62.5. The van der Waals surface area contributed by atoms with Crippen LogP contribution in [0.5, 0.6) is 11.5 Å².